The fraction of sp³-hybridized carbons (Fsp3) is 0.583. The standard InChI is InChI=1S/C36H50N4O5/c1-5-6-18-40-33(42)31(23-35(44)14-8-7-9-15-35)38-34(43)36(40)16-19-39(20-17-36)24-30-25(2)21-29(22-26(30)3)45-28-12-10-27(11-13-28)32(41)37-4/h10-13,21-22,31,44H,5-9,14-20,23-24H2,1-4H3,(H,37,41)(H,38,43)/t31-/m1/s1. The molecule has 2 aliphatic heterocycles. The minimum absolute atomic E-state index is 0.0268. The van der Waals surface area contributed by atoms with Crippen molar-refractivity contribution in [2.45, 2.75) is 109 Å². The lowest BCUT2D eigenvalue weighted by molar-refractivity contribution is -0.163. The van der Waals surface area contributed by atoms with Crippen molar-refractivity contribution in [3.05, 3.63) is 58.7 Å². The Morgan fingerprint density at radius 2 is 1.64 bits per heavy atom. The first-order valence-corrected chi connectivity index (χ1v) is 16.7. The van der Waals surface area contributed by atoms with Crippen LogP contribution < -0.4 is 15.4 Å². The monoisotopic (exact) mass is 618 g/mol. The lowest BCUT2D eigenvalue weighted by Crippen LogP contribution is -2.73. The van der Waals surface area contributed by atoms with Gasteiger partial charge in [-0.2, -0.15) is 0 Å². The van der Waals surface area contributed by atoms with E-state index in [0.29, 0.717) is 63.1 Å². The number of nitrogens with one attached hydrogen (secondary N) is 2. The predicted molar refractivity (Wildman–Crippen MR) is 174 cm³/mol. The normalized spacial score (nSPS) is 21.4. The van der Waals surface area contributed by atoms with Gasteiger partial charge in [0, 0.05) is 45.2 Å². The molecule has 2 heterocycles. The summed E-state index contributed by atoms with van der Waals surface area (Å²) in [5, 5.41) is 16.9. The second-order valence-electron chi connectivity index (χ2n) is 13.4. The summed E-state index contributed by atoms with van der Waals surface area (Å²) in [7, 11) is 1.61. The van der Waals surface area contributed by atoms with Crippen LogP contribution in [0.2, 0.25) is 0 Å². The number of piperidine rings is 1. The van der Waals surface area contributed by atoms with Gasteiger partial charge < -0.3 is 25.4 Å². The van der Waals surface area contributed by atoms with Crippen molar-refractivity contribution in [2.75, 3.05) is 26.7 Å². The van der Waals surface area contributed by atoms with E-state index < -0.39 is 17.2 Å². The molecule has 9 nitrogen and oxygen atoms in total. The van der Waals surface area contributed by atoms with E-state index in [4.69, 9.17) is 4.74 Å². The van der Waals surface area contributed by atoms with Crippen LogP contribution in [0.1, 0.15) is 98.2 Å². The van der Waals surface area contributed by atoms with Crippen molar-refractivity contribution in [1.29, 1.82) is 0 Å². The Bertz CT molecular complexity index is 1350. The number of benzene rings is 2. The summed E-state index contributed by atoms with van der Waals surface area (Å²) in [6, 6.07) is 10.5. The highest BCUT2D eigenvalue weighted by molar-refractivity contribution is 6.00. The van der Waals surface area contributed by atoms with Gasteiger partial charge >= 0.3 is 0 Å². The molecule has 1 saturated carbocycles. The second kappa shape index (κ2) is 13.9. The van der Waals surface area contributed by atoms with Gasteiger partial charge in [0.1, 0.15) is 23.1 Å². The van der Waals surface area contributed by atoms with Crippen molar-refractivity contribution >= 4 is 17.7 Å². The molecule has 3 fully saturated rings. The summed E-state index contributed by atoms with van der Waals surface area (Å²) in [6.45, 7) is 9.06. The van der Waals surface area contributed by atoms with E-state index in [9.17, 15) is 19.5 Å². The Balaban J connectivity index is 1.24. The minimum atomic E-state index is -0.871. The van der Waals surface area contributed by atoms with Gasteiger partial charge in [-0.3, -0.25) is 19.3 Å². The predicted octanol–water partition coefficient (Wildman–Crippen LogP) is 5.00. The highest BCUT2D eigenvalue weighted by Crippen LogP contribution is 2.38. The molecule has 1 spiro atoms. The van der Waals surface area contributed by atoms with Crippen LogP contribution in [-0.2, 0) is 16.1 Å². The number of ether oxygens (including phenoxy) is 1. The summed E-state index contributed by atoms with van der Waals surface area (Å²) in [4.78, 5) is 43.8. The van der Waals surface area contributed by atoms with Gasteiger partial charge in [0.25, 0.3) is 5.91 Å². The number of carbonyl (C=O) groups excluding carboxylic acids is 3. The zero-order valence-electron chi connectivity index (χ0n) is 27.4. The van der Waals surface area contributed by atoms with Crippen LogP contribution in [0.4, 0.5) is 0 Å². The molecule has 3 amide bonds. The van der Waals surface area contributed by atoms with E-state index in [2.05, 4.69) is 36.3 Å². The molecule has 1 atom stereocenters. The lowest BCUT2D eigenvalue weighted by atomic mass is 9.77. The van der Waals surface area contributed by atoms with Gasteiger partial charge in [-0.15, -0.1) is 0 Å². The number of unbranched alkanes of at least 4 members (excludes halogenated alkanes) is 1. The third kappa shape index (κ3) is 7.20. The van der Waals surface area contributed by atoms with Gasteiger partial charge in [-0.1, -0.05) is 32.6 Å². The van der Waals surface area contributed by atoms with Crippen molar-refractivity contribution in [3.63, 3.8) is 0 Å². The van der Waals surface area contributed by atoms with E-state index in [1.54, 1.807) is 31.3 Å². The zero-order valence-corrected chi connectivity index (χ0v) is 27.4. The first kappa shape index (κ1) is 32.9. The number of hydrogen-bond donors (Lipinski definition) is 3. The SMILES string of the molecule is CCCCN1C(=O)[C@@H](CC2(O)CCCCC2)NC(=O)C12CCN(Cc1c(C)cc(Oc3ccc(C(=O)NC)cc3)cc1C)CC2. The Labute approximate surface area is 267 Å². The van der Waals surface area contributed by atoms with Crippen LogP contribution in [-0.4, -0.2) is 76.5 Å². The maximum absolute atomic E-state index is 13.9. The van der Waals surface area contributed by atoms with Crippen LogP contribution >= 0.6 is 0 Å². The van der Waals surface area contributed by atoms with Crippen molar-refractivity contribution in [3.8, 4) is 11.5 Å². The molecule has 2 aromatic rings. The molecule has 3 aliphatic rings. The Hall–Kier alpha value is -3.43. The number of likely N-dealkylation sites (tertiary alicyclic amines) is 1. The van der Waals surface area contributed by atoms with Crippen molar-refractivity contribution in [1.82, 2.24) is 20.4 Å². The Kier molecular flexibility index (Phi) is 10.2. The molecular formula is C36H50N4O5. The third-order valence-electron chi connectivity index (χ3n) is 10.2. The summed E-state index contributed by atoms with van der Waals surface area (Å²) < 4.78 is 6.11. The van der Waals surface area contributed by atoms with Crippen LogP contribution in [0, 0.1) is 13.8 Å². The number of aryl methyl sites for hydroxylation is 2. The number of nitrogens with zero attached hydrogens (tertiary/aromatic N) is 2. The summed E-state index contributed by atoms with van der Waals surface area (Å²) in [5.41, 5.74) is 2.38. The van der Waals surface area contributed by atoms with Gasteiger partial charge in [0.15, 0.2) is 0 Å². The maximum atomic E-state index is 13.9. The van der Waals surface area contributed by atoms with Crippen LogP contribution in [0.15, 0.2) is 36.4 Å². The molecular weight excluding hydrogens is 568 g/mol. The smallest absolute Gasteiger partial charge is 0.251 e. The van der Waals surface area contributed by atoms with Crippen LogP contribution in [0.25, 0.3) is 0 Å². The first-order chi connectivity index (χ1) is 21.6. The quantitative estimate of drug-likeness (QED) is 0.346. The number of hydrogen-bond acceptors (Lipinski definition) is 6. The summed E-state index contributed by atoms with van der Waals surface area (Å²) in [5.74, 6) is 1.19. The second-order valence-corrected chi connectivity index (χ2v) is 13.4. The van der Waals surface area contributed by atoms with E-state index in [1.165, 1.54) is 5.56 Å². The Morgan fingerprint density at radius 1 is 1.00 bits per heavy atom. The number of rotatable bonds is 10. The van der Waals surface area contributed by atoms with E-state index >= 15 is 0 Å². The minimum Gasteiger partial charge on any atom is -0.457 e. The molecule has 0 unspecified atom stereocenters. The Morgan fingerprint density at radius 3 is 2.24 bits per heavy atom. The van der Waals surface area contributed by atoms with Crippen molar-refractivity contribution in [2.24, 2.45) is 0 Å². The molecule has 5 rings (SSSR count). The van der Waals surface area contributed by atoms with Gasteiger partial charge in [-0.05, 0) is 99.0 Å². The topological polar surface area (TPSA) is 111 Å². The van der Waals surface area contributed by atoms with Crippen LogP contribution in [0.5, 0.6) is 11.5 Å². The fourth-order valence-electron chi connectivity index (χ4n) is 7.47. The number of piperazine rings is 1. The first-order valence-electron chi connectivity index (χ1n) is 16.7. The number of aliphatic hydroxyl groups is 1. The molecule has 3 N–H and O–H groups in total. The zero-order chi connectivity index (χ0) is 32.2. The van der Waals surface area contributed by atoms with E-state index in [-0.39, 0.29) is 17.7 Å². The molecule has 9 heteroatoms. The van der Waals surface area contributed by atoms with Gasteiger partial charge in [-0.25, -0.2) is 0 Å². The van der Waals surface area contributed by atoms with Crippen LogP contribution in [0.3, 0.4) is 0 Å². The molecule has 2 aromatic carbocycles. The average Bonchev–Trinajstić information content (AvgIpc) is 3.02. The van der Waals surface area contributed by atoms with Crippen molar-refractivity contribution < 1.29 is 24.2 Å². The molecule has 45 heavy (non-hydrogen) atoms. The highest BCUT2D eigenvalue weighted by atomic mass is 16.5. The molecule has 0 radical (unpaired) electrons. The number of carbonyl (C=O) groups is 3. The third-order valence-corrected chi connectivity index (χ3v) is 10.2. The lowest BCUT2D eigenvalue weighted by Gasteiger charge is -2.52. The molecule has 0 aromatic heterocycles. The largest absolute Gasteiger partial charge is 0.457 e. The summed E-state index contributed by atoms with van der Waals surface area (Å²) >= 11 is 0. The van der Waals surface area contributed by atoms with Gasteiger partial charge in [0.2, 0.25) is 11.8 Å². The highest BCUT2D eigenvalue weighted by Gasteiger charge is 2.54. The van der Waals surface area contributed by atoms with E-state index in [0.717, 1.165) is 55.5 Å². The maximum Gasteiger partial charge on any atom is 0.251 e. The van der Waals surface area contributed by atoms with E-state index in [1.807, 2.05) is 17.0 Å². The fourth-order valence-corrected chi connectivity index (χ4v) is 7.47. The molecule has 244 valence electrons. The molecule has 0 bridgehead atoms. The van der Waals surface area contributed by atoms with Gasteiger partial charge in [0.05, 0.1) is 5.60 Å². The number of amides is 3. The average molecular weight is 619 g/mol. The molecule has 2 saturated heterocycles. The molecule has 1 aliphatic carbocycles. The summed E-state index contributed by atoms with van der Waals surface area (Å²) in [6.07, 6.45) is 7.73.